The zero-order valence-electron chi connectivity index (χ0n) is 11.9. The molecule has 2 aliphatic rings. The zero-order valence-corrected chi connectivity index (χ0v) is 12.6. The maximum absolute atomic E-state index is 9.27. The number of rotatable bonds is 4. The van der Waals surface area contributed by atoms with Crippen LogP contribution in [0.1, 0.15) is 24.8 Å². The normalized spacial score (nSPS) is 23.7. The molecule has 0 aliphatic carbocycles. The Balaban J connectivity index is 1.77. The molecule has 0 radical (unpaired) electrons. The van der Waals surface area contributed by atoms with Crippen LogP contribution in [0.5, 0.6) is 0 Å². The van der Waals surface area contributed by atoms with E-state index < -0.39 is 0 Å². The second kappa shape index (κ2) is 6.33. The van der Waals surface area contributed by atoms with Gasteiger partial charge in [0.05, 0.1) is 0 Å². The van der Waals surface area contributed by atoms with E-state index >= 15 is 0 Å². The number of nitrogens with zero attached hydrogens (tertiary/aromatic N) is 2. The quantitative estimate of drug-likeness (QED) is 0.925. The van der Waals surface area contributed by atoms with Gasteiger partial charge in [0.1, 0.15) is 0 Å². The molecule has 0 spiro atoms. The van der Waals surface area contributed by atoms with Crippen LogP contribution in [0.3, 0.4) is 0 Å². The molecule has 0 unspecified atom stereocenters. The third kappa shape index (κ3) is 2.95. The van der Waals surface area contributed by atoms with Crippen LogP contribution in [0, 0.1) is 5.92 Å². The maximum atomic E-state index is 9.27. The van der Waals surface area contributed by atoms with Crippen LogP contribution >= 0.6 is 11.6 Å². The molecule has 2 fully saturated rings. The van der Waals surface area contributed by atoms with Crippen LogP contribution in [-0.2, 0) is 6.54 Å². The Labute approximate surface area is 126 Å². The van der Waals surface area contributed by atoms with E-state index in [0.717, 1.165) is 44.2 Å². The van der Waals surface area contributed by atoms with Gasteiger partial charge < -0.3 is 10.0 Å². The number of likely N-dealkylation sites (tertiary alicyclic amines) is 1. The molecule has 1 aromatic carbocycles. The van der Waals surface area contributed by atoms with Gasteiger partial charge in [-0.1, -0.05) is 17.7 Å². The number of halogens is 1. The van der Waals surface area contributed by atoms with Crippen molar-refractivity contribution in [1.82, 2.24) is 4.90 Å². The molecule has 3 nitrogen and oxygen atoms in total. The minimum Gasteiger partial charge on any atom is -0.396 e. The lowest BCUT2D eigenvalue weighted by Gasteiger charge is -2.25. The lowest BCUT2D eigenvalue weighted by atomic mass is 10.1. The Morgan fingerprint density at radius 1 is 1.20 bits per heavy atom. The van der Waals surface area contributed by atoms with E-state index in [2.05, 4.69) is 21.9 Å². The van der Waals surface area contributed by atoms with E-state index in [4.69, 9.17) is 11.6 Å². The van der Waals surface area contributed by atoms with Crippen molar-refractivity contribution in [2.45, 2.75) is 25.8 Å². The predicted octanol–water partition coefficient (Wildman–Crippen LogP) is 2.75. The summed E-state index contributed by atoms with van der Waals surface area (Å²) in [5.41, 5.74) is 2.57. The minimum absolute atomic E-state index is 0.304. The van der Waals surface area contributed by atoms with Crippen molar-refractivity contribution in [3.05, 3.63) is 28.8 Å². The molecule has 4 heteroatoms. The summed E-state index contributed by atoms with van der Waals surface area (Å²) in [5, 5.41) is 10.1. The third-order valence-corrected chi connectivity index (χ3v) is 4.90. The van der Waals surface area contributed by atoms with Crippen molar-refractivity contribution in [3.8, 4) is 0 Å². The van der Waals surface area contributed by atoms with Crippen molar-refractivity contribution < 1.29 is 5.11 Å². The van der Waals surface area contributed by atoms with Crippen LogP contribution in [0.15, 0.2) is 18.2 Å². The molecule has 20 heavy (non-hydrogen) atoms. The van der Waals surface area contributed by atoms with Crippen molar-refractivity contribution in [2.75, 3.05) is 37.7 Å². The van der Waals surface area contributed by atoms with Crippen molar-refractivity contribution in [2.24, 2.45) is 5.92 Å². The lowest BCUT2D eigenvalue weighted by molar-refractivity contribution is 0.220. The first-order valence-electron chi connectivity index (χ1n) is 7.63. The van der Waals surface area contributed by atoms with Gasteiger partial charge in [-0.25, -0.2) is 0 Å². The monoisotopic (exact) mass is 294 g/mol. The van der Waals surface area contributed by atoms with Gasteiger partial charge >= 0.3 is 0 Å². The first-order chi connectivity index (χ1) is 9.78. The first kappa shape index (κ1) is 14.2. The maximum Gasteiger partial charge on any atom is 0.0471 e. The van der Waals surface area contributed by atoms with Crippen LogP contribution in [0.4, 0.5) is 5.69 Å². The van der Waals surface area contributed by atoms with Gasteiger partial charge in [-0.3, -0.25) is 4.90 Å². The highest BCUT2D eigenvalue weighted by Crippen LogP contribution is 2.32. The highest BCUT2D eigenvalue weighted by Gasteiger charge is 2.24. The fourth-order valence-corrected chi connectivity index (χ4v) is 3.62. The molecule has 3 rings (SSSR count). The molecule has 0 bridgehead atoms. The van der Waals surface area contributed by atoms with Crippen LogP contribution in [0.25, 0.3) is 0 Å². The summed E-state index contributed by atoms with van der Waals surface area (Å²) in [4.78, 5) is 4.88. The largest absolute Gasteiger partial charge is 0.396 e. The van der Waals surface area contributed by atoms with E-state index in [0.29, 0.717) is 12.5 Å². The van der Waals surface area contributed by atoms with Crippen LogP contribution < -0.4 is 4.90 Å². The second-order valence-corrected chi connectivity index (χ2v) is 6.41. The number of hydrogen-bond donors (Lipinski definition) is 1. The highest BCUT2D eigenvalue weighted by molar-refractivity contribution is 6.31. The van der Waals surface area contributed by atoms with Gasteiger partial charge in [-0.15, -0.1) is 0 Å². The second-order valence-electron chi connectivity index (χ2n) is 6.00. The molecule has 1 atom stereocenters. The third-order valence-electron chi connectivity index (χ3n) is 4.55. The fourth-order valence-electron chi connectivity index (χ4n) is 3.39. The van der Waals surface area contributed by atoms with Crippen molar-refractivity contribution in [3.63, 3.8) is 0 Å². The fraction of sp³-hybridized carbons (Fsp3) is 0.625. The minimum atomic E-state index is 0.304. The Bertz CT molecular complexity index is 460. The molecule has 0 saturated carbocycles. The molecule has 2 heterocycles. The van der Waals surface area contributed by atoms with Crippen molar-refractivity contribution >= 4 is 17.3 Å². The average Bonchev–Trinajstić information content (AvgIpc) is 3.12. The summed E-state index contributed by atoms with van der Waals surface area (Å²) in [7, 11) is 0. The molecule has 110 valence electrons. The smallest absolute Gasteiger partial charge is 0.0471 e. The van der Waals surface area contributed by atoms with Gasteiger partial charge in [-0.05, 0) is 43.9 Å². The molecule has 2 aliphatic heterocycles. The Morgan fingerprint density at radius 2 is 2.00 bits per heavy atom. The molecule has 2 saturated heterocycles. The summed E-state index contributed by atoms with van der Waals surface area (Å²) in [6.07, 6.45) is 3.66. The first-order valence-corrected chi connectivity index (χ1v) is 8.01. The SMILES string of the molecule is OC[C@@H]1CCN(Cc2c(Cl)cccc2N2CCCC2)C1. The lowest BCUT2D eigenvalue weighted by Crippen LogP contribution is -2.25. The molecule has 0 amide bonds. The van der Waals surface area contributed by atoms with Gasteiger partial charge in [0.25, 0.3) is 0 Å². The number of anilines is 1. The van der Waals surface area contributed by atoms with E-state index in [1.165, 1.54) is 24.1 Å². The van der Waals surface area contributed by atoms with Crippen LogP contribution in [-0.4, -0.2) is 42.8 Å². The Hall–Kier alpha value is -0.770. The molecular formula is C16H23ClN2O. The average molecular weight is 295 g/mol. The molecule has 1 aromatic rings. The van der Waals surface area contributed by atoms with E-state index in [1.54, 1.807) is 0 Å². The zero-order chi connectivity index (χ0) is 13.9. The van der Waals surface area contributed by atoms with E-state index in [-0.39, 0.29) is 0 Å². The number of hydrogen-bond acceptors (Lipinski definition) is 3. The van der Waals surface area contributed by atoms with E-state index in [9.17, 15) is 5.11 Å². The van der Waals surface area contributed by atoms with Gasteiger partial charge in [0.2, 0.25) is 0 Å². The summed E-state index contributed by atoms with van der Waals surface area (Å²) < 4.78 is 0. The molecule has 1 N–H and O–H groups in total. The van der Waals surface area contributed by atoms with Crippen LogP contribution in [0.2, 0.25) is 5.02 Å². The summed E-state index contributed by atoms with van der Waals surface area (Å²) in [6, 6.07) is 6.25. The summed E-state index contributed by atoms with van der Waals surface area (Å²) >= 11 is 6.45. The topological polar surface area (TPSA) is 26.7 Å². The predicted molar refractivity (Wildman–Crippen MR) is 83.4 cm³/mol. The van der Waals surface area contributed by atoms with Gasteiger partial charge in [-0.2, -0.15) is 0 Å². The number of aliphatic hydroxyl groups excluding tert-OH is 1. The number of benzene rings is 1. The Morgan fingerprint density at radius 3 is 2.70 bits per heavy atom. The van der Waals surface area contributed by atoms with E-state index in [1.807, 2.05) is 6.07 Å². The Kier molecular flexibility index (Phi) is 4.49. The molecule has 0 aromatic heterocycles. The van der Waals surface area contributed by atoms with Gasteiger partial charge in [0, 0.05) is 49.1 Å². The molecular weight excluding hydrogens is 272 g/mol. The summed E-state index contributed by atoms with van der Waals surface area (Å²) in [6.45, 7) is 5.55. The van der Waals surface area contributed by atoms with Gasteiger partial charge in [0.15, 0.2) is 0 Å². The van der Waals surface area contributed by atoms with Crippen molar-refractivity contribution in [1.29, 1.82) is 0 Å². The standard InChI is InChI=1S/C16H23ClN2O/c17-15-4-3-5-16(19-7-1-2-8-19)14(15)11-18-9-6-13(10-18)12-20/h3-5,13,20H,1-2,6-12H2/t13-/m1/s1. The summed E-state index contributed by atoms with van der Waals surface area (Å²) in [5.74, 6) is 0.438. The highest BCUT2D eigenvalue weighted by atomic mass is 35.5. The number of aliphatic hydroxyl groups is 1.